The summed E-state index contributed by atoms with van der Waals surface area (Å²) in [6, 6.07) is 2.29. The summed E-state index contributed by atoms with van der Waals surface area (Å²) in [5.41, 5.74) is 7.06. The largest absolute Gasteiger partial charge is 0.314 e. The minimum atomic E-state index is 1.14. The Labute approximate surface area is 123 Å². The summed E-state index contributed by atoms with van der Waals surface area (Å²) >= 11 is 0. The van der Waals surface area contributed by atoms with Gasteiger partial charge in [-0.3, -0.25) is 0 Å². The number of rotatable bonds is 4. The van der Waals surface area contributed by atoms with Gasteiger partial charge in [0.15, 0.2) is 0 Å². The summed E-state index contributed by atoms with van der Waals surface area (Å²) in [5.74, 6) is 0. The van der Waals surface area contributed by atoms with Gasteiger partial charge in [0, 0.05) is 32.7 Å². The average Bonchev–Trinajstić information content (AvgIpc) is 2.45. The fourth-order valence-corrected chi connectivity index (χ4v) is 2.89. The maximum atomic E-state index is 3.40. The number of piperazine rings is 1. The molecule has 0 bridgehead atoms. The Morgan fingerprint density at radius 1 is 1.05 bits per heavy atom. The van der Waals surface area contributed by atoms with Crippen LogP contribution in [0, 0.1) is 27.7 Å². The highest BCUT2D eigenvalue weighted by Crippen LogP contribution is 2.22. The van der Waals surface area contributed by atoms with Crippen molar-refractivity contribution in [2.45, 2.75) is 34.1 Å². The van der Waals surface area contributed by atoms with Crippen LogP contribution in [0.3, 0.4) is 0 Å². The molecule has 0 radical (unpaired) electrons. The van der Waals surface area contributed by atoms with E-state index in [0.717, 1.165) is 19.5 Å². The molecule has 1 aliphatic rings. The van der Waals surface area contributed by atoms with Gasteiger partial charge in [-0.25, -0.2) is 0 Å². The third kappa shape index (κ3) is 3.71. The van der Waals surface area contributed by atoms with E-state index in [2.05, 4.69) is 56.1 Å². The molecule has 0 atom stereocenters. The molecule has 0 aliphatic carbocycles. The monoisotopic (exact) mass is 272 g/mol. The lowest BCUT2D eigenvalue weighted by Crippen LogP contribution is -2.43. The number of nitrogens with one attached hydrogen (secondary N) is 1. The highest BCUT2D eigenvalue weighted by molar-refractivity contribution is 5.61. The Bertz CT molecular complexity index is 456. The second kappa shape index (κ2) is 7.05. The van der Waals surface area contributed by atoms with Crippen LogP contribution in [0.1, 0.15) is 34.2 Å². The van der Waals surface area contributed by atoms with E-state index >= 15 is 0 Å². The Balaban J connectivity index is 1.97. The topological polar surface area (TPSA) is 15.3 Å². The first kappa shape index (κ1) is 15.3. The molecule has 1 N–H and O–H groups in total. The summed E-state index contributed by atoms with van der Waals surface area (Å²) < 4.78 is 0. The second-order valence-electron chi connectivity index (χ2n) is 5.96. The minimum absolute atomic E-state index is 1.14. The Hall–Kier alpha value is -1.12. The smallest absolute Gasteiger partial charge is 0.0107 e. The van der Waals surface area contributed by atoms with E-state index in [-0.39, 0.29) is 0 Å². The molecular formula is C18H28N2. The van der Waals surface area contributed by atoms with Gasteiger partial charge in [-0.2, -0.15) is 0 Å². The Kier molecular flexibility index (Phi) is 5.38. The molecule has 0 aromatic heterocycles. The summed E-state index contributed by atoms with van der Waals surface area (Å²) in [7, 11) is 0. The van der Waals surface area contributed by atoms with Crippen LogP contribution in [0.25, 0.3) is 6.08 Å². The second-order valence-corrected chi connectivity index (χ2v) is 5.96. The molecule has 1 saturated heterocycles. The predicted molar refractivity (Wildman–Crippen MR) is 88.4 cm³/mol. The SMILES string of the molecule is Cc1cc(C)c(C)c(/C=C/CCN2CCNCC2)c1C. The van der Waals surface area contributed by atoms with Crippen molar-refractivity contribution in [3.8, 4) is 0 Å². The van der Waals surface area contributed by atoms with Gasteiger partial charge in [0.05, 0.1) is 0 Å². The van der Waals surface area contributed by atoms with Gasteiger partial charge < -0.3 is 10.2 Å². The zero-order valence-electron chi connectivity index (χ0n) is 13.4. The van der Waals surface area contributed by atoms with Crippen molar-refractivity contribution in [3.05, 3.63) is 40.0 Å². The maximum absolute atomic E-state index is 3.40. The van der Waals surface area contributed by atoms with Crippen molar-refractivity contribution in [1.82, 2.24) is 10.2 Å². The van der Waals surface area contributed by atoms with E-state index < -0.39 is 0 Å². The fourth-order valence-electron chi connectivity index (χ4n) is 2.89. The van der Waals surface area contributed by atoms with Crippen molar-refractivity contribution in [2.75, 3.05) is 32.7 Å². The van der Waals surface area contributed by atoms with Crippen LogP contribution in [0.5, 0.6) is 0 Å². The maximum Gasteiger partial charge on any atom is 0.0107 e. The molecule has 1 fully saturated rings. The van der Waals surface area contributed by atoms with Gasteiger partial charge in [0.1, 0.15) is 0 Å². The third-order valence-electron chi connectivity index (χ3n) is 4.53. The lowest BCUT2D eigenvalue weighted by Gasteiger charge is -2.26. The molecule has 2 heteroatoms. The molecule has 1 aromatic carbocycles. The van der Waals surface area contributed by atoms with E-state index in [9.17, 15) is 0 Å². The van der Waals surface area contributed by atoms with Gasteiger partial charge in [-0.15, -0.1) is 0 Å². The molecule has 1 aliphatic heterocycles. The van der Waals surface area contributed by atoms with Crippen LogP contribution in [-0.2, 0) is 0 Å². The summed E-state index contributed by atoms with van der Waals surface area (Å²) in [6.07, 6.45) is 5.81. The molecule has 20 heavy (non-hydrogen) atoms. The molecule has 0 unspecified atom stereocenters. The first-order valence-corrected chi connectivity index (χ1v) is 7.76. The average molecular weight is 272 g/mol. The number of aryl methyl sites for hydroxylation is 2. The van der Waals surface area contributed by atoms with Crippen molar-refractivity contribution in [1.29, 1.82) is 0 Å². The highest BCUT2D eigenvalue weighted by atomic mass is 15.2. The van der Waals surface area contributed by atoms with Crippen LogP contribution in [0.4, 0.5) is 0 Å². The van der Waals surface area contributed by atoms with E-state index in [0.29, 0.717) is 0 Å². The van der Waals surface area contributed by atoms with E-state index in [1.54, 1.807) is 0 Å². The van der Waals surface area contributed by atoms with Gasteiger partial charge in [0.25, 0.3) is 0 Å². The standard InChI is InChI=1S/C18H28N2/c1-14-13-15(2)17(4)18(16(14)3)7-5-6-10-20-11-8-19-9-12-20/h5,7,13,19H,6,8-12H2,1-4H3/b7-5+. The summed E-state index contributed by atoms with van der Waals surface area (Å²) in [5, 5.41) is 3.40. The molecule has 0 amide bonds. The first-order chi connectivity index (χ1) is 9.59. The van der Waals surface area contributed by atoms with Gasteiger partial charge in [0.2, 0.25) is 0 Å². The Morgan fingerprint density at radius 3 is 2.25 bits per heavy atom. The molecule has 2 nitrogen and oxygen atoms in total. The number of hydrogen-bond donors (Lipinski definition) is 1. The minimum Gasteiger partial charge on any atom is -0.314 e. The Morgan fingerprint density at radius 2 is 1.65 bits per heavy atom. The van der Waals surface area contributed by atoms with Gasteiger partial charge in [-0.05, 0) is 61.9 Å². The van der Waals surface area contributed by atoms with Gasteiger partial charge in [-0.1, -0.05) is 18.2 Å². The normalized spacial score (nSPS) is 17.0. The predicted octanol–water partition coefficient (Wildman–Crippen LogP) is 3.23. The highest BCUT2D eigenvalue weighted by Gasteiger charge is 2.08. The molecular weight excluding hydrogens is 244 g/mol. The van der Waals surface area contributed by atoms with Crippen molar-refractivity contribution in [3.63, 3.8) is 0 Å². The fraction of sp³-hybridized carbons (Fsp3) is 0.556. The third-order valence-corrected chi connectivity index (χ3v) is 4.53. The first-order valence-electron chi connectivity index (χ1n) is 7.76. The van der Waals surface area contributed by atoms with Crippen molar-refractivity contribution >= 4 is 6.08 Å². The van der Waals surface area contributed by atoms with E-state index in [1.807, 2.05) is 0 Å². The van der Waals surface area contributed by atoms with Gasteiger partial charge >= 0.3 is 0 Å². The molecule has 110 valence electrons. The van der Waals surface area contributed by atoms with Crippen LogP contribution in [0.15, 0.2) is 12.1 Å². The molecule has 0 saturated carbocycles. The number of benzene rings is 1. The summed E-state index contributed by atoms with van der Waals surface area (Å²) in [6.45, 7) is 14.7. The quantitative estimate of drug-likeness (QED) is 0.905. The molecule has 1 aromatic rings. The molecule has 0 spiro atoms. The van der Waals surface area contributed by atoms with Crippen molar-refractivity contribution in [2.24, 2.45) is 0 Å². The van der Waals surface area contributed by atoms with E-state index in [4.69, 9.17) is 0 Å². The molecule has 1 heterocycles. The number of nitrogens with zero attached hydrogens (tertiary/aromatic N) is 1. The van der Waals surface area contributed by atoms with Crippen LogP contribution in [-0.4, -0.2) is 37.6 Å². The zero-order valence-corrected chi connectivity index (χ0v) is 13.4. The van der Waals surface area contributed by atoms with E-state index in [1.165, 1.54) is 47.5 Å². The lowest BCUT2D eigenvalue weighted by molar-refractivity contribution is 0.245. The summed E-state index contributed by atoms with van der Waals surface area (Å²) in [4.78, 5) is 2.54. The van der Waals surface area contributed by atoms with Crippen LogP contribution < -0.4 is 5.32 Å². The van der Waals surface area contributed by atoms with Crippen LogP contribution >= 0.6 is 0 Å². The number of hydrogen-bond acceptors (Lipinski definition) is 2. The zero-order chi connectivity index (χ0) is 14.5. The van der Waals surface area contributed by atoms with Crippen molar-refractivity contribution < 1.29 is 0 Å². The molecule has 2 rings (SSSR count). The van der Waals surface area contributed by atoms with Crippen LogP contribution in [0.2, 0.25) is 0 Å². The lowest BCUT2D eigenvalue weighted by atomic mass is 9.94.